The van der Waals surface area contributed by atoms with E-state index in [9.17, 15) is 14.0 Å². The zero-order chi connectivity index (χ0) is 28.9. The quantitative estimate of drug-likeness (QED) is 0.210. The number of aryl methyl sites for hydroxylation is 1. The zero-order valence-electron chi connectivity index (χ0n) is 23.3. The van der Waals surface area contributed by atoms with E-state index in [0.717, 1.165) is 50.6 Å². The van der Waals surface area contributed by atoms with Crippen molar-refractivity contribution in [2.24, 2.45) is 5.92 Å². The molecular formula is C30H35F2N3O5S. The van der Waals surface area contributed by atoms with Crippen LogP contribution in [0.4, 0.5) is 20.5 Å². The third kappa shape index (κ3) is 7.25. The first-order valence-corrected chi connectivity index (χ1v) is 15.0. The number of hydrogen-bond donors (Lipinski definition) is 1. The Morgan fingerprint density at radius 2 is 1.95 bits per heavy atom. The summed E-state index contributed by atoms with van der Waals surface area (Å²) in [6.07, 6.45) is 5.40. The Bertz CT molecular complexity index is 1390. The highest BCUT2D eigenvalue weighted by atomic mass is 32.2. The number of methoxy groups -OCH3 is 1. The number of carbonyl (C=O) groups excluding carboxylic acids is 2. The van der Waals surface area contributed by atoms with Crippen LogP contribution in [-0.2, 0) is 25.5 Å². The maximum atomic E-state index is 15.3. The summed E-state index contributed by atoms with van der Waals surface area (Å²) in [6, 6.07) is 7.74. The van der Waals surface area contributed by atoms with Gasteiger partial charge in [-0.2, -0.15) is 4.98 Å². The number of carbonyl (C=O) groups is 2. The second kappa shape index (κ2) is 13.3. The maximum Gasteiger partial charge on any atom is 0.308 e. The monoisotopic (exact) mass is 587 g/mol. The van der Waals surface area contributed by atoms with Gasteiger partial charge < -0.3 is 19.2 Å². The molecule has 3 aromatic rings. The Morgan fingerprint density at radius 1 is 1.15 bits per heavy atom. The molecule has 1 aliphatic heterocycles. The number of benzene rings is 2. The molecule has 1 aromatic heterocycles. The number of fused-ring (bicyclic) bond motifs is 1. The van der Waals surface area contributed by atoms with Crippen LogP contribution in [0, 0.1) is 24.5 Å². The van der Waals surface area contributed by atoms with Gasteiger partial charge in [-0.25, -0.2) is 13.1 Å². The fourth-order valence-electron chi connectivity index (χ4n) is 5.48. The highest BCUT2D eigenvalue weighted by Gasteiger charge is 2.30. The normalized spacial score (nSPS) is 21.3. The van der Waals surface area contributed by atoms with Crippen LogP contribution in [0.15, 0.2) is 34.7 Å². The molecule has 5 rings (SSSR count). The van der Waals surface area contributed by atoms with Gasteiger partial charge in [0.1, 0.15) is 17.1 Å². The first kappa shape index (κ1) is 29.5. The number of oxazole rings is 1. The van der Waals surface area contributed by atoms with Crippen LogP contribution in [0.5, 0.6) is 0 Å². The van der Waals surface area contributed by atoms with Crippen molar-refractivity contribution in [3.8, 4) is 0 Å². The second-order valence-electron chi connectivity index (χ2n) is 10.7. The topological polar surface area (TPSA) is 93.9 Å². The Balaban J connectivity index is 1.11. The Kier molecular flexibility index (Phi) is 9.57. The lowest BCUT2D eigenvalue weighted by molar-refractivity contribution is -0.147. The van der Waals surface area contributed by atoms with Crippen molar-refractivity contribution in [1.29, 1.82) is 0 Å². The van der Waals surface area contributed by atoms with Crippen LogP contribution in [0.2, 0.25) is 0 Å². The predicted octanol–water partition coefficient (Wildman–Crippen LogP) is 6.13. The molecule has 0 spiro atoms. The van der Waals surface area contributed by atoms with Crippen molar-refractivity contribution in [2.75, 3.05) is 31.3 Å². The molecule has 1 atom stereocenters. The highest BCUT2D eigenvalue weighted by Crippen LogP contribution is 2.31. The lowest BCUT2D eigenvalue weighted by atomic mass is 9.87. The summed E-state index contributed by atoms with van der Waals surface area (Å²) in [5.41, 5.74) is 1.77. The minimum atomic E-state index is -0.619. The van der Waals surface area contributed by atoms with Crippen LogP contribution in [0.3, 0.4) is 0 Å². The summed E-state index contributed by atoms with van der Waals surface area (Å²) >= 11 is 1.47. The minimum Gasteiger partial charge on any atom is -0.469 e. The maximum absolute atomic E-state index is 15.3. The molecule has 1 aliphatic carbocycles. The van der Waals surface area contributed by atoms with E-state index in [1.165, 1.54) is 31.2 Å². The molecule has 1 saturated heterocycles. The fraction of sp³-hybridized carbons (Fsp3) is 0.500. The minimum absolute atomic E-state index is 0.0257. The first-order valence-electron chi connectivity index (χ1n) is 14.0. The molecule has 2 aliphatic rings. The molecule has 2 fully saturated rings. The molecule has 220 valence electrons. The summed E-state index contributed by atoms with van der Waals surface area (Å²) in [4.78, 5) is 28.8. The number of halogens is 2. The Morgan fingerprint density at radius 3 is 2.73 bits per heavy atom. The van der Waals surface area contributed by atoms with Gasteiger partial charge in [0.2, 0.25) is 0 Å². The summed E-state index contributed by atoms with van der Waals surface area (Å²) in [7, 11) is 1.43. The van der Waals surface area contributed by atoms with Crippen LogP contribution in [-0.4, -0.2) is 59.2 Å². The molecule has 11 heteroatoms. The van der Waals surface area contributed by atoms with Crippen LogP contribution >= 0.6 is 11.9 Å². The standard InChI is InChI=1S/C30H35F2N3O5S/c1-18-5-9-21(31)15-26(18)34-30-33-25-12-8-20(27(32)28(25)40-30)14-23(36)17-41-35-13-3-4-22(35)16-39-24-10-6-19(7-11-24)29(37)38-2/h5,8-9,12,15,19,22,24H,3-4,6-7,10-11,13-14,16-17H2,1-2H3,(H,33,34)/t19?,22-,24?/m0/s1. The van der Waals surface area contributed by atoms with Gasteiger partial charge in [0.25, 0.3) is 6.01 Å². The van der Waals surface area contributed by atoms with E-state index < -0.39 is 11.6 Å². The van der Waals surface area contributed by atoms with Gasteiger partial charge in [0.05, 0.1) is 31.5 Å². The first-order chi connectivity index (χ1) is 19.8. The van der Waals surface area contributed by atoms with Crippen LogP contribution in [0.1, 0.15) is 49.7 Å². The average molecular weight is 588 g/mol. The van der Waals surface area contributed by atoms with E-state index in [1.807, 2.05) is 6.92 Å². The summed E-state index contributed by atoms with van der Waals surface area (Å²) in [6.45, 7) is 3.28. The molecule has 41 heavy (non-hydrogen) atoms. The van der Waals surface area contributed by atoms with Crippen molar-refractivity contribution in [3.05, 3.63) is 53.1 Å². The van der Waals surface area contributed by atoms with Gasteiger partial charge in [0.15, 0.2) is 11.4 Å². The van der Waals surface area contributed by atoms with E-state index in [-0.39, 0.29) is 59.2 Å². The smallest absolute Gasteiger partial charge is 0.308 e. The van der Waals surface area contributed by atoms with Gasteiger partial charge in [-0.3, -0.25) is 9.59 Å². The molecular weight excluding hydrogens is 552 g/mol. The number of nitrogens with zero attached hydrogens (tertiary/aromatic N) is 2. The number of Topliss-reactive ketones (excluding diaryl/α,β-unsaturated/α-hetero) is 1. The van der Waals surface area contributed by atoms with E-state index in [2.05, 4.69) is 14.6 Å². The fourth-order valence-corrected chi connectivity index (χ4v) is 6.53. The largest absolute Gasteiger partial charge is 0.469 e. The number of anilines is 2. The van der Waals surface area contributed by atoms with Crippen molar-refractivity contribution >= 4 is 46.5 Å². The highest BCUT2D eigenvalue weighted by molar-refractivity contribution is 7.97. The number of esters is 1. The van der Waals surface area contributed by atoms with Crippen LogP contribution in [0.25, 0.3) is 11.1 Å². The summed E-state index contributed by atoms with van der Waals surface area (Å²) in [5.74, 6) is -1.04. The van der Waals surface area contributed by atoms with Gasteiger partial charge in [-0.15, -0.1) is 0 Å². The van der Waals surface area contributed by atoms with Gasteiger partial charge in [-0.1, -0.05) is 24.1 Å². The molecule has 8 nitrogen and oxygen atoms in total. The Labute approximate surface area is 242 Å². The third-order valence-electron chi connectivity index (χ3n) is 7.85. The van der Waals surface area contributed by atoms with Gasteiger partial charge in [0, 0.05) is 24.7 Å². The summed E-state index contributed by atoms with van der Waals surface area (Å²) in [5, 5.41) is 2.90. The number of rotatable bonds is 11. The zero-order valence-corrected chi connectivity index (χ0v) is 24.1. The number of hydrogen-bond acceptors (Lipinski definition) is 9. The van der Waals surface area contributed by atoms with Gasteiger partial charge >= 0.3 is 5.97 Å². The number of aromatic nitrogens is 1. The second-order valence-corrected chi connectivity index (χ2v) is 11.8. The third-order valence-corrected chi connectivity index (χ3v) is 9.12. The van der Waals surface area contributed by atoms with E-state index in [4.69, 9.17) is 13.9 Å². The molecule has 0 amide bonds. The molecule has 1 saturated carbocycles. The van der Waals surface area contributed by atoms with Crippen LogP contribution < -0.4 is 5.32 Å². The molecule has 0 unspecified atom stereocenters. The lowest BCUT2D eigenvalue weighted by Gasteiger charge is -2.29. The Hall–Kier alpha value is -3.02. The molecule has 2 aromatic carbocycles. The number of ketones is 1. The predicted molar refractivity (Wildman–Crippen MR) is 153 cm³/mol. The van der Waals surface area contributed by atoms with E-state index in [1.54, 1.807) is 18.2 Å². The van der Waals surface area contributed by atoms with E-state index >= 15 is 4.39 Å². The van der Waals surface area contributed by atoms with Crippen molar-refractivity contribution in [3.63, 3.8) is 0 Å². The van der Waals surface area contributed by atoms with Gasteiger partial charge in [-0.05, 0) is 74.8 Å². The van der Waals surface area contributed by atoms with Crippen molar-refractivity contribution in [1.82, 2.24) is 9.29 Å². The SMILES string of the molecule is COC(=O)C1CCC(OC[C@@H]2CCCN2SCC(=O)Cc2ccc3nc(Nc4cc(F)ccc4C)oc3c2F)CC1. The molecule has 1 N–H and O–H groups in total. The number of ether oxygens (including phenoxy) is 2. The van der Waals surface area contributed by atoms with E-state index in [0.29, 0.717) is 17.8 Å². The lowest BCUT2D eigenvalue weighted by Crippen LogP contribution is -2.33. The van der Waals surface area contributed by atoms with Crippen molar-refractivity contribution < 1.29 is 32.3 Å². The average Bonchev–Trinajstić information content (AvgIpc) is 3.61. The summed E-state index contributed by atoms with van der Waals surface area (Å²) < 4.78 is 47.7. The molecule has 2 heterocycles. The molecule has 0 bridgehead atoms. The van der Waals surface area contributed by atoms with Crippen molar-refractivity contribution in [2.45, 2.75) is 64.0 Å². The molecule has 0 radical (unpaired) electrons. The number of nitrogens with one attached hydrogen (secondary N) is 1.